The molecule has 0 bridgehead atoms. The fraction of sp³-hybridized carbons (Fsp3) is 0.500. The zero-order valence-electron chi connectivity index (χ0n) is 12.6. The van der Waals surface area contributed by atoms with Crippen LogP contribution in [-0.4, -0.2) is 38.7 Å². The fourth-order valence-corrected chi connectivity index (χ4v) is 3.56. The van der Waals surface area contributed by atoms with E-state index in [-0.39, 0.29) is 11.3 Å². The molecule has 0 spiro atoms. The van der Waals surface area contributed by atoms with Gasteiger partial charge in [-0.2, -0.15) is 0 Å². The Morgan fingerprint density at radius 1 is 1.38 bits per heavy atom. The first-order valence-corrected chi connectivity index (χ1v) is 8.00. The van der Waals surface area contributed by atoms with Gasteiger partial charge in [0.25, 0.3) is 0 Å². The van der Waals surface area contributed by atoms with E-state index in [9.17, 15) is 13.2 Å². The summed E-state index contributed by atoms with van der Waals surface area (Å²) in [5.74, 6) is -1.09. The highest BCUT2D eigenvalue weighted by Gasteiger charge is 2.27. The molecule has 0 saturated carbocycles. The first-order valence-electron chi connectivity index (χ1n) is 6.52. The smallest absolute Gasteiger partial charge is 0.305 e. The quantitative estimate of drug-likeness (QED) is 0.794. The van der Waals surface area contributed by atoms with Crippen molar-refractivity contribution < 1.29 is 23.1 Å². The number of methoxy groups -OCH3 is 1. The summed E-state index contributed by atoms with van der Waals surface area (Å²) >= 11 is 0. The monoisotopic (exact) mass is 315 g/mol. The van der Waals surface area contributed by atoms with Crippen molar-refractivity contribution in [1.29, 1.82) is 0 Å². The molecular weight excluding hydrogens is 294 g/mol. The van der Waals surface area contributed by atoms with Crippen LogP contribution in [0.3, 0.4) is 0 Å². The molecule has 0 aromatic heterocycles. The molecule has 1 aromatic rings. The fourth-order valence-electron chi connectivity index (χ4n) is 1.93. The third kappa shape index (κ3) is 4.52. The highest BCUT2D eigenvalue weighted by molar-refractivity contribution is 7.89. The molecule has 0 aliphatic rings. The molecule has 0 radical (unpaired) electrons. The number of ether oxygens (including phenoxy) is 1. The lowest BCUT2D eigenvalue weighted by Gasteiger charge is -2.23. The van der Waals surface area contributed by atoms with Crippen molar-refractivity contribution in [2.75, 3.05) is 7.11 Å². The van der Waals surface area contributed by atoms with Gasteiger partial charge in [-0.05, 0) is 38.0 Å². The molecular formula is C14H21NO5S. The Balaban J connectivity index is 3.11. The number of carboxylic acid groups (broad SMARTS) is 1. The number of sulfonamides is 1. The van der Waals surface area contributed by atoms with Gasteiger partial charge in [-0.3, -0.25) is 4.79 Å². The summed E-state index contributed by atoms with van der Waals surface area (Å²) in [5.41, 5.74) is 1.50. The van der Waals surface area contributed by atoms with Crippen LogP contribution in [0, 0.1) is 13.8 Å². The molecule has 0 unspecified atom stereocenters. The Kier molecular flexibility index (Phi) is 5.88. The molecule has 2 N–H and O–H groups in total. The third-order valence-electron chi connectivity index (χ3n) is 3.48. The Labute approximate surface area is 125 Å². The minimum absolute atomic E-state index is 0.154. The van der Waals surface area contributed by atoms with Gasteiger partial charge in [0, 0.05) is 7.11 Å². The summed E-state index contributed by atoms with van der Waals surface area (Å²) in [7, 11) is -2.40. The van der Waals surface area contributed by atoms with Crippen LogP contribution in [0.4, 0.5) is 0 Å². The summed E-state index contributed by atoms with van der Waals surface area (Å²) in [5, 5.41) is 8.90. The number of nitrogens with one attached hydrogen (secondary N) is 1. The van der Waals surface area contributed by atoms with E-state index < -0.39 is 28.1 Å². The molecule has 0 aliphatic carbocycles. The molecule has 0 heterocycles. The predicted octanol–water partition coefficient (Wildman–Crippen LogP) is 1.46. The van der Waals surface area contributed by atoms with Crippen LogP contribution in [0.15, 0.2) is 23.1 Å². The number of hydrogen-bond acceptors (Lipinski definition) is 4. The Bertz CT molecular complexity index is 612. The van der Waals surface area contributed by atoms with Crippen molar-refractivity contribution in [2.45, 2.75) is 44.2 Å². The molecule has 7 heteroatoms. The van der Waals surface area contributed by atoms with Gasteiger partial charge < -0.3 is 9.84 Å². The van der Waals surface area contributed by atoms with Crippen LogP contribution < -0.4 is 4.72 Å². The Morgan fingerprint density at radius 3 is 2.52 bits per heavy atom. The predicted molar refractivity (Wildman–Crippen MR) is 78.7 cm³/mol. The molecule has 118 valence electrons. The summed E-state index contributed by atoms with van der Waals surface area (Å²) in [6.45, 7) is 5.16. The van der Waals surface area contributed by atoms with E-state index in [0.29, 0.717) is 5.56 Å². The molecule has 6 nitrogen and oxygen atoms in total. The zero-order chi connectivity index (χ0) is 16.2. The van der Waals surface area contributed by atoms with Crippen molar-refractivity contribution in [3.8, 4) is 0 Å². The minimum atomic E-state index is -3.81. The Hall–Kier alpha value is -1.44. The van der Waals surface area contributed by atoms with Crippen LogP contribution in [0.1, 0.15) is 24.5 Å². The summed E-state index contributed by atoms with van der Waals surface area (Å²) in [4.78, 5) is 11.0. The first-order chi connectivity index (χ1) is 9.69. The van der Waals surface area contributed by atoms with Gasteiger partial charge in [0.2, 0.25) is 10.0 Å². The third-order valence-corrected chi connectivity index (χ3v) is 5.12. The van der Waals surface area contributed by atoms with E-state index in [1.165, 1.54) is 13.2 Å². The van der Waals surface area contributed by atoms with E-state index >= 15 is 0 Å². The van der Waals surface area contributed by atoms with Gasteiger partial charge in [0.1, 0.15) is 0 Å². The van der Waals surface area contributed by atoms with Crippen molar-refractivity contribution in [3.05, 3.63) is 29.3 Å². The normalized spacial score (nSPS) is 14.7. The second kappa shape index (κ2) is 7.02. The maximum absolute atomic E-state index is 12.5. The second-order valence-electron chi connectivity index (χ2n) is 4.96. The lowest BCUT2D eigenvalue weighted by molar-refractivity contribution is -0.138. The molecule has 21 heavy (non-hydrogen) atoms. The molecule has 2 atom stereocenters. The summed E-state index contributed by atoms with van der Waals surface area (Å²) in [6.07, 6.45) is -0.903. The molecule has 1 rings (SSSR count). The van der Waals surface area contributed by atoms with E-state index in [2.05, 4.69) is 4.72 Å². The van der Waals surface area contributed by atoms with Gasteiger partial charge in [0.15, 0.2) is 0 Å². The number of carboxylic acids is 1. The number of aliphatic carboxylic acids is 1. The van der Waals surface area contributed by atoms with Crippen LogP contribution in [0.25, 0.3) is 0 Å². The van der Waals surface area contributed by atoms with Gasteiger partial charge in [-0.1, -0.05) is 12.1 Å². The number of aryl methyl sites for hydroxylation is 1. The van der Waals surface area contributed by atoms with Crippen LogP contribution in [-0.2, 0) is 19.6 Å². The van der Waals surface area contributed by atoms with Crippen LogP contribution >= 0.6 is 0 Å². The maximum Gasteiger partial charge on any atom is 0.305 e. The largest absolute Gasteiger partial charge is 0.481 e. The van der Waals surface area contributed by atoms with Gasteiger partial charge in [-0.15, -0.1) is 0 Å². The zero-order valence-corrected chi connectivity index (χ0v) is 13.4. The van der Waals surface area contributed by atoms with Gasteiger partial charge in [-0.25, -0.2) is 13.1 Å². The van der Waals surface area contributed by atoms with Crippen molar-refractivity contribution in [1.82, 2.24) is 4.72 Å². The Morgan fingerprint density at radius 2 is 2.00 bits per heavy atom. The number of carbonyl (C=O) groups is 1. The van der Waals surface area contributed by atoms with E-state index in [0.717, 1.165) is 5.56 Å². The minimum Gasteiger partial charge on any atom is -0.481 e. The van der Waals surface area contributed by atoms with E-state index in [1.54, 1.807) is 19.9 Å². The highest BCUT2D eigenvalue weighted by Crippen LogP contribution is 2.19. The molecule has 0 fully saturated rings. The molecule has 0 amide bonds. The van der Waals surface area contributed by atoms with E-state index in [4.69, 9.17) is 9.84 Å². The standard InChI is InChI=1S/C14H21NO5S/c1-9-6-5-7-13(10(9)2)21(18,19)15-12(8-14(16)17)11(3)20-4/h5-7,11-12,15H,8H2,1-4H3,(H,16,17)/t11-,12-/m1/s1. The molecule has 1 aromatic carbocycles. The van der Waals surface area contributed by atoms with Crippen molar-refractivity contribution >= 4 is 16.0 Å². The van der Waals surface area contributed by atoms with E-state index in [1.807, 2.05) is 13.0 Å². The maximum atomic E-state index is 12.5. The summed E-state index contributed by atoms with van der Waals surface area (Å²) in [6, 6.07) is 4.14. The average Bonchev–Trinajstić information content (AvgIpc) is 2.39. The number of hydrogen-bond donors (Lipinski definition) is 2. The summed E-state index contributed by atoms with van der Waals surface area (Å²) < 4.78 is 32.4. The lowest BCUT2D eigenvalue weighted by Crippen LogP contribution is -2.44. The second-order valence-corrected chi connectivity index (χ2v) is 6.65. The highest BCUT2D eigenvalue weighted by atomic mass is 32.2. The van der Waals surface area contributed by atoms with Gasteiger partial charge >= 0.3 is 5.97 Å². The first kappa shape index (κ1) is 17.6. The van der Waals surface area contributed by atoms with Crippen molar-refractivity contribution in [2.24, 2.45) is 0 Å². The SMILES string of the molecule is CO[C@H](C)[C@@H](CC(=O)O)NS(=O)(=O)c1cccc(C)c1C. The molecule has 0 saturated heterocycles. The average molecular weight is 315 g/mol. The lowest BCUT2D eigenvalue weighted by atomic mass is 10.1. The van der Waals surface area contributed by atoms with Crippen LogP contribution in [0.2, 0.25) is 0 Å². The number of benzene rings is 1. The van der Waals surface area contributed by atoms with Gasteiger partial charge in [0.05, 0.1) is 23.5 Å². The molecule has 0 aliphatic heterocycles. The topological polar surface area (TPSA) is 92.7 Å². The van der Waals surface area contributed by atoms with Crippen molar-refractivity contribution in [3.63, 3.8) is 0 Å². The van der Waals surface area contributed by atoms with Crippen LogP contribution in [0.5, 0.6) is 0 Å². The number of rotatable bonds is 7.